The number of rotatable bonds is 7. The number of aromatic nitrogens is 4. The van der Waals surface area contributed by atoms with E-state index in [-0.39, 0.29) is 17.0 Å². The quantitative estimate of drug-likeness (QED) is 0.488. The van der Waals surface area contributed by atoms with Gasteiger partial charge in [-0.15, -0.1) is 0 Å². The third kappa shape index (κ3) is 5.03. The maximum atomic E-state index is 13.5. The van der Waals surface area contributed by atoms with E-state index in [1.165, 1.54) is 18.5 Å². The molecule has 1 saturated heterocycles. The van der Waals surface area contributed by atoms with Gasteiger partial charge in [0.25, 0.3) is 0 Å². The minimum Gasteiger partial charge on any atom is -0.481 e. The molecule has 0 saturated carbocycles. The average Bonchev–Trinajstić information content (AvgIpc) is 2.76. The van der Waals surface area contributed by atoms with Crippen molar-refractivity contribution in [3.8, 4) is 0 Å². The number of piperidine rings is 1. The highest BCUT2D eigenvalue weighted by Crippen LogP contribution is 2.28. The Morgan fingerprint density at radius 2 is 2.06 bits per heavy atom. The van der Waals surface area contributed by atoms with Gasteiger partial charge >= 0.3 is 5.97 Å². The van der Waals surface area contributed by atoms with Crippen LogP contribution < -0.4 is 15.5 Å². The molecule has 1 fully saturated rings. The van der Waals surface area contributed by atoms with Crippen LogP contribution in [0, 0.1) is 5.82 Å². The van der Waals surface area contributed by atoms with Gasteiger partial charge in [-0.1, -0.05) is 11.6 Å². The number of fused-ring (bicyclic) bond motifs is 1. The largest absolute Gasteiger partial charge is 0.481 e. The van der Waals surface area contributed by atoms with E-state index >= 15 is 0 Å². The molecule has 168 valence electrons. The Morgan fingerprint density at radius 1 is 1.28 bits per heavy atom. The minimum absolute atomic E-state index is 0.0111. The van der Waals surface area contributed by atoms with Crippen molar-refractivity contribution in [3.63, 3.8) is 0 Å². The molecule has 3 heterocycles. The molecule has 0 amide bonds. The average molecular weight is 460 g/mol. The van der Waals surface area contributed by atoms with Crippen LogP contribution in [-0.2, 0) is 4.79 Å². The van der Waals surface area contributed by atoms with E-state index in [0.717, 1.165) is 25.9 Å². The predicted octanol–water partition coefficient (Wildman–Crippen LogP) is 3.38. The highest BCUT2D eigenvalue weighted by atomic mass is 35.5. The predicted molar refractivity (Wildman–Crippen MR) is 120 cm³/mol. The van der Waals surface area contributed by atoms with Crippen molar-refractivity contribution in [2.45, 2.75) is 31.7 Å². The number of nitrogens with one attached hydrogen (secondary N) is 2. The van der Waals surface area contributed by atoms with Gasteiger partial charge in [0, 0.05) is 30.9 Å². The Morgan fingerprint density at radius 3 is 2.78 bits per heavy atom. The first-order valence-electron chi connectivity index (χ1n) is 10.2. The minimum atomic E-state index is -0.808. The van der Waals surface area contributed by atoms with Crippen LogP contribution in [-0.4, -0.2) is 56.2 Å². The summed E-state index contributed by atoms with van der Waals surface area (Å²) >= 11 is 5.88. The lowest BCUT2D eigenvalue weighted by atomic mass is 9.89. The Hall–Kier alpha value is -3.11. The molecule has 0 unspecified atom stereocenters. The summed E-state index contributed by atoms with van der Waals surface area (Å²) in [6.45, 7) is 4.01. The number of benzene rings is 1. The fourth-order valence-corrected chi connectivity index (χ4v) is 3.83. The van der Waals surface area contributed by atoms with Gasteiger partial charge in [-0.2, -0.15) is 0 Å². The molecule has 1 aromatic carbocycles. The van der Waals surface area contributed by atoms with Gasteiger partial charge < -0.3 is 20.6 Å². The number of aliphatic carboxylic acids is 1. The summed E-state index contributed by atoms with van der Waals surface area (Å²) < 4.78 is 13.5. The Labute approximate surface area is 189 Å². The zero-order valence-corrected chi connectivity index (χ0v) is 18.2. The molecule has 0 bridgehead atoms. The van der Waals surface area contributed by atoms with Crippen molar-refractivity contribution < 1.29 is 14.3 Å². The van der Waals surface area contributed by atoms with Crippen LogP contribution in [0.15, 0.2) is 30.7 Å². The molecular weight excluding hydrogens is 437 g/mol. The van der Waals surface area contributed by atoms with Crippen LogP contribution in [0.2, 0.25) is 5.02 Å². The first kappa shape index (κ1) is 22.1. The maximum Gasteiger partial charge on any atom is 0.304 e. The summed E-state index contributed by atoms with van der Waals surface area (Å²) in [6.07, 6.45) is 4.83. The lowest BCUT2D eigenvalue weighted by molar-refractivity contribution is -0.136. The molecule has 11 heteroatoms. The molecule has 0 aliphatic carbocycles. The van der Waals surface area contributed by atoms with E-state index in [4.69, 9.17) is 21.7 Å². The molecule has 1 aliphatic rings. The van der Waals surface area contributed by atoms with Crippen LogP contribution in [0.3, 0.4) is 0 Å². The molecule has 1 aliphatic heterocycles. The third-order valence-corrected chi connectivity index (χ3v) is 5.88. The normalized spacial score (nSPS) is 15.7. The van der Waals surface area contributed by atoms with Crippen molar-refractivity contribution in [3.05, 3.63) is 41.6 Å². The second-order valence-corrected chi connectivity index (χ2v) is 8.41. The van der Waals surface area contributed by atoms with E-state index < -0.39 is 11.8 Å². The lowest BCUT2D eigenvalue weighted by Gasteiger charge is -2.40. The Balaban J connectivity index is 1.50. The van der Waals surface area contributed by atoms with E-state index in [9.17, 15) is 9.18 Å². The molecular formula is C21H23ClFN7O2. The van der Waals surface area contributed by atoms with Crippen LogP contribution in [0.5, 0.6) is 0 Å². The summed E-state index contributed by atoms with van der Waals surface area (Å²) in [5, 5.41) is 15.3. The number of carbonyl (C=O) groups is 1. The molecule has 4 rings (SSSR count). The number of carboxylic acid groups (broad SMARTS) is 1. The van der Waals surface area contributed by atoms with Crippen LogP contribution in [0.1, 0.15) is 26.2 Å². The number of hydrogen-bond acceptors (Lipinski definition) is 8. The molecule has 0 atom stereocenters. The van der Waals surface area contributed by atoms with Gasteiger partial charge in [0.15, 0.2) is 5.82 Å². The van der Waals surface area contributed by atoms with E-state index in [1.54, 1.807) is 12.3 Å². The van der Waals surface area contributed by atoms with Crippen molar-refractivity contribution in [2.75, 3.05) is 29.9 Å². The lowest BCUT2D eigenvalue weighted by Crippen LogP contribution is -2.52. The van der Waals surface area contributed by atoms with Crippen molar-refractivity contribution in [2.24, 2.45) is 0 Å². The molecule has 0 spiro atoms. The van der Waals surface area contributed by atoms with E-state index in [2.05, 4.69) is 37.4 Å². The third-order valence-electron chi connectivity index (χ3n) is 5.59. The van der Waals surface area contributed by atoms with Gasteiger partial charge in [-0.3, -0.25) is 4.79 Å². The van der Waals surface area contributed by atoms with Crippen molar-refractivity contribution in [1.82, 2.24) is 25.3 Å². The SMILES string of the molecule is CC1(NCCC(=O)O)CCN(c2ncc3ncnc(Nc4ccc(F)c(Cl)c4)c3n2)CC1. The summed E-state index contributed by atoms with van der Waals surface area (Å²) in [7, 11) is 0. The first-order chi connectivity index (χ1) is 15.3. The van der Waals surface area contributed by atoms with Crippen LogP contribution >= 0.6 is 11.6 Å². The van der Waals surface area contributed by atoms with Gasteiger partial charge in [-0.25, -0.2) is 24.3 Å². The maximum absolute atomic E-state index is 13.5. The molecule has 3 N–H and O–H groups in total. The van der Waals surface area contributed by atoms with Crippen LogP contribution in [0.4, 0.5) is 21.8 Å². The van der Waals surface area contributed by atoms with Gasteiger partial charge in [0.1, 0.15) is 23.2 Å². The zero-order chi connectivity index (χ0) is 22.7. The molecule has 9 nitrogen and oxygen atoms in total. The second kappa shape index (κ2) is 9.17. The van der Waals surface area contributed by atoms with E-state index in [0.29, 0.717) is 35.0 Å². The topological polar surface area (TPSA) is 116 Å². The summed E-state index contributed by atoms with van der Waals surface area (Å²) in [5.74, 6) is -0.264. The fraction of sp³-hybridized carbons (Fsp3) is 0.381. The van der Waals surface area contributed by atoms with Crippen LogP contribution in [0.25, 0.3) is 11.0 Å². The molecule has 2 aromatic heterocycles. The number of nitrogens with zero attached hydrogens (tertiary/aromatic N) is 5. The first-order valence-corrected chi connectivity index (χ1v) is 10.6. The second-order valence-electron chi connectivity index (χ2n) is 8.00. The van der Waals surface area contributed by atoms with Crippen molar-refractivity contribution in [1.29, 1.82) is 0 Å². The fourth-order valence-electron chi connectivity index (χ4n) is 3.65. The Bertz CT molecular complexity index is 1140. The number of anilines is 3. The zero-order valence-electron chi connectivity index (χ0n) is 17.5. The molecule has 0 radical (unpaired) electrons. The molecule has 32 heavy (non-hydrogen) atoms. The van der Waals surface area contributed by atoms with Gasteiger partial charge in [0.2, 0.25) is 5.95 Å². The number of halogens is 2. The summed E-state index contributed by atoms with van der Waals surface area (Å²) in [4.78, 5) is 30.5. The summed E-state index contributed by atoms with van der Waals surface area (Å²) in [6, 6.07) is 4.33. The Kier molecular flexibility index (Phi) is 6.33. The smallest absolute Gasteiger partial charge is 0.304 e. The van der Waals surface area contributed by atoms with Crippen molar-refractivity contribution >= 4 is 46.1 Å². The number of carboxylic acids is 1. The number of hydrogen-bond donors (Lipinski definition) is 3. The standard InChI is InChI=1S/C21H23ClFN7O2/c1-21(27-7-4-17(31)32)5-8-30(9-6-21)20-24-11-16-18(29-20)19(26-12-25-16)28-13-2-3-15(23)14(22)10-13/h2-3,10-12,27H,4-9H2,1H3,(H,31,32)(H,25,26,28). The summed E-state index contributed by atoms with van der Waals surface area (Å²) in [5.41, 5.74) is 1.58. The molecule has 3 aromatic rings. The van der Waals surface area contributed by atoms with Gasteiger partial charge in [-0.05, 0) is 38.0 Å². The highest BCUT2D eigenvalue weighted by Gasteiger charge is 2.30. The van der Waals surface area contributed by atoms with E-state index in [1.807, 2.05) is 0 Å². The van der Waals surface area contributed by atoms with Gasteiger partial charge in [0.05, 0.1) is 17.6 Å². The monoisotopic (exact) mass is 459 g/mol. The highest BCUT2D eigenvalue weighted by molar-refractivity contribution is 6.31.